The van der Waals surface area contributed by atoms with E-state index in [0.717, 1.165) is 10.9 Å². The second-order valence-corrected chi connectivity index (χ2v) is 6.23. The van der Waals surface area contributed by atoms with Crippen molar-refractivity contribution in [2.75, 3.05) is 5.32 Å². The smallest absolute Gasteiger partial charge is 0.0372 e. The second kappa shape index (κ2) is 5.38. The molecule has 0 fully saturated rings. The fourth-order valence-electron chi connectivity index (χ4n) is 2.83. The molecule has 2 aromatic rings. The monoisotopic (exact) mass is 315 g/mol. The van der Waals surface area contributed by atoms with Crippen molar-refractivity contribution in [3.05, 3.63) is 63.6 Å². The molecule has 0 amide bonds. The first-order chi connectivity index (χ1) is 9.22. The molecule has 0 radical (unpaired) electrons. The van der Waals surface area contributed by atoms with E-state index < -0.39 is 0 Å². The van der Waals surface area contributed by atoms with Crippen LogP contribution in [0.25, 0.3) is 0 Å². The third-order valence-corrected chi connectivity index (χ3v) is 4.39. The van der Waals surface area contributed by atoms with Gasteiger partial charge in [0.2, 0.25) is 0 Å². The molecule has 1 nitrogen and oxygen atoms in total. The quantitative estimate of drug-likeness (QED) is 0.845. The van der Waals surface area contributed by atoms with Gasteiger partial charge in [-0.15, -0.1) is 0 Å². The molecule has 0 saturated carbocycles. The van der Waals surface area contributed by atoms with Gasteiger partial charge in [-0.05, 0) is 61.1 Å². The summed E-state index contributed by atoms with van der Waals surface area (Å²) >= 11 is 3.52. The Balaban J connectivity index is 1.75. The molecule has 3 rings (SSSR count). The summed E-state index contributed by atoms with van der Waals surface area (Å²) in [6.07, 6.45) is 3.53. The maximum atomic E-state index is 3.70. The molecule has 0 saturated heterocycles. The first kappa shape index (κ1) is 12.7. The van der Waals surface area contributed by atoms with Crippen LogP contribution in [0.5, 0.6) is 0 Å². The summed E-state index contributed by atoms with van der Waals surface area (Å²) in [5, 5.41) is 3.70. The number of nitrogens with one attached hydrogen (secondary N) is 1. The maximum Gasteiger partial charge on any atom is 0.0372 e. The molecule has 0 spiro atoms. The predicted octanol–water partition coefficient (Wildman–Crippen LogP) is 4.73. The second-order valence-electron chi connectivity index (χ2n) is 5.31. The Bertz CT molecular complexity index is 592. The van der Waals surface area contributed by atoms with Gasteiger partial charge in [-0.25, -0.2) is 0 Å². The zero-order chi connectivity index (χ0) is 13.2. The van der Waals surface area contributed by atoms with Crippen LogP contribution in [0.15, 0.2) is 46.9 Å². The van der Waals surface area contributed by atoms with Crippen LogP contribution >= 0.6 is 15.9 Å². The Labute approximate surface area is 123 Å². The minimum atomic E-state index is 0.551. The van der Waals surface area contributed by atoms with Crippen molar-refractivity contribution < 1.29 is 0 Å². The average Bonchev–Trinajstić information content (AvgIpc) is 2.42. The van der Waals surface area contributed by atoms with E-state index in [9.17, 15) is 0 Å². The molecule has 1 atom stereocenters. The Morgan fingerprint density at radius 3 is 2.68 bits per heavy atom. The third kappa shape index (κ3) is 2.84. The Kier molecular flexibility index (Phi) is 3.61. The van der Waals surface area contributed by atoms with Crippen molar-refractivity contribution >= 4 is 21.6 Å². The van der Waals surface area contributed by atoms with E-state index >= 15 is 0 Å². The first-order valence-electron chi connectivity index (χ1n) is 6.82. The molecule has 19 heavy (non-hydrogen) atoms. The van der Waals surface area contributed by atoms with Crippen molar-refractivity contribution in [3.8, 4) is 0 Å². The third-order valence-electron chi connectivity index (χ3n) is 3.89. The number of fused-ring (bicyclic) bond motifs is 1. The topological polar surface area (TPSA) is 12.0 Å². The number of hydrogen-bond donors (Lipinski definition) is 1. The molecule has 2 heteroatoms. The summed E-state index contributed by atoms with van der Waals surface area (Å²) in [6, 6.07) is 15.8. The van der Waals surface area contributed by atoms with Crippen LogP contribution in [0.3, 0.4) is 0 Å². The van der Waals surface area contributed by atoms with Crippen LogP contribution in [0.1, 0.15) is 23.1 Å². The minimum Gasteiger partial charge on any atom is -0.382 e. The lowest BCUT2D eigenvalue weighted by molar-refractivity contribution is 0.610. The fourth-order valence-corrected chi connectivity index (χ4v) is 3.31. The lowest BCUT2D eigenvalue weighted by atomic mass is 9.88. The van der Waals surface area contributed by atoms with Crippen LogP contribution in [0, 0.1) is 6.92 Å². The Morgan fingerprint density at radius 1 is 1.11 bits per heavy atom. The largest absolute Gasteiger partial charge is 0.382 e. The SMILES string of the molecule is Cc1cc(Br)ccc1NC1CCc2ccccc2C1. The number of aryl methyl sites for hydroxylation is 2. The van der Waals surface area contributed by atoms with Gasteiger partial charge in [-0.2, -0.15) is 0 Å². The number of hydrogen-bond acceptors (Lipinski definition) is 1. The molecule has 0 aliphatic heterocycles. The highest BCUT2D eigenvalue weighted by Crippen LogP contribution is 2.26. The van der Waals surface area contributed by atoms with Crippen molar-refractivity contribution in [2.24, 2.45) is 0 Å². The van der Waals surface area contributed by atoms with Gasteiger partial charge >= 0.3 is 0 Å². The summed E-state index contributed by atoms with van der Waals surface area (Å²) in [5.74, 6) is 0. The molecule has 0 aromatic heterocycles. The van der Waals surface area contributed by atoms with Gasteiger partial charge < -0.3 is 5.32 Å². The number of benzene rings is 2. The molecule has 98 valence electrons. The summed E-state index contributed by atoms with van der Waals surface area (Å²) in [5.41, 5.74) is 5.58. The summed E-state index contributed by atoms with van der Waals surface area (Å²) in [4.78, 5) is 0. The van der Waals surface area contributed by atoms with Gasteiger partial charge in [0.15, 0.2) is 0 Å². The highest BCUT2D eigenvalue weighted by molar-refractivity contribution is 9.10. The van der Waals surface area contributed by atoms with Gasteiger partial charge in [0.1, 0.15) is 0 Å². The molecule has 1 unspecified atom stereocenters. The molecule has 1 aliphatic rings. The molecule has 0 bridgehead atoms. The zero-order valence-electron chi connectivity index (χ0n) is 11.1. The van der Waals surface area contributed by atoms with E-state index in [1.54, 1.807) is 0 Å². The van der Waals surface area contributed by atoms with Crippen molar-refractivity contribution in [1.29, 1.82) is 0 Å². The molecule has 1 aliphatic carbocycles. The van der Waals surface area contributed by atoms with Crippen LogP contribution in [0.4, 0.5) is 5.69 Å². The zero-order valence-corrected chi connectivity index (χ0v) is 12.7. The lowest BCUT2D eigenvalue weighted by Crippen LogP contribution is -2.27. The Morgan fingerprint density at radius 2 is 1.89 bits per heavy atom. The molecular weight excluding hydrogens is 298 g/mol. The van der Waals surface area contributed by atoms with Crippen LogP contribution < -0.4 is 5.32 Å². The van der Waals surface area contributed by atoms with E-state index in [1.807, 2.05) is 0 Å². The summed E-state index contributed by atoms with van der Waals surface area (Å²) < 4.78 is 1.14. The number of anilines is 1. The maximum absolute atomic E-state index is 3.70. The summed E-state index contributed by atoms with van der Waals surface area (Å²) in [7, 11) is 0. The van der Waals surface area contributed by atoms with Crippen molar-refractivity contribution in [2.45, 2.75) is 32.2 Å². The highest BCUT2D eigenvalue weighted by Gasteiger charge is 2.18. The molecule has 2 aromatic carbocycles. The van der Waals surface area contributed by atoms with Gasteiger partial charge in [0.25, 0.3) is 0 Å². The highest BCUT2D eigenvalue weighted by atomic mass is 79.9. The van der Waals surface area contributed by atoms with E-state index in [4.69, 9.17) is 0 Å². The average molecular weight is 316 g/mol. The predicted molar refractivity (Wildman–Crippen MR) is 84.8 cm³/mol. The molecule has 0 heterocycles. The fraction of sp³-hybridized carbons (Fsp3) is 0.294. The normalized spacial score (nSPS) is 17.9. The molecular formula is C17H18BrN. The van der Waals surface area contributed by atoms with Gasteiger partial charge in [0, 0.05) is 16.2 Å². The lowest BCUT2D eigenvalue weighted by Gasteiger charge is -2.27. The van der Waals surface area contributed by atoms with E-state index in [1.165, 1.54) is 35.2 Å². The van der Waals surface area contributed by atoms with Crippen LogP contribution in [-0.2, 0) is 12.8 Å². The van der Waals surface area contributed by atoms with Crippen LogP contribution in [0.2, 0.25) is 0 Å². The van der Waals surface area contributed by atoms with E-state index in [-0.39, 0.29) is 0 Å². The van der Waals surface area contributed by atoms with Gasteiger partial charge in [-0.3, -0.25) is 0 Å². The summed E-state index contributed by atoms with van der Waals surface area (Å²) in [6.45, 7) is 2.16. The molecule has 1 N–H and O–H groups in total. The van der Waals surface area contributed by atoms with Crippen molar-refractivity contribution in [1.82, 2.24) is 0 Å². The van der Waals surface area contributed by atoms with E-state index in [2.05, 4.69) is 70.6 Å². The first-order valence-corrected chi connectivity index (χ1v) is 7.61. The number of rotatable bonds is 2. The van der Waals surface area contributed by atoms with Crippen LogP contribution in [-0.4, -0.2) is 6.04 Å². The standard InChI is InChI=1S/C17H18BrN/c1-12-10-15(18)7-9-17(12)19-16-8-6-13-4-2-3-5-14(13)11-16/h2-5,7,9-10,16,19H,6,8,11H2,1H3. The van der Waals surface area contributed by atoms with E-state index in [0.29, 0.717) is 6.04 Å². The van der Waals surface area contributed by atoms with Gasteiger partial charge in [0.05, 0.1) is 0 Å². The van der Waals surface area contributed by atoms with Gasteiger partial charge in [-0.1, -0.05) is 40.2 Å². The van der Waals surface area contributed by atoms with Crippen molar-refractivity contribution in [3.63, 3.8) is 0 Å². The minimum absolute atomic E-state index is 0.551. The number of halogens is 1. The Hall–Kier alpha value is -1.28.